The first-order valence-electron chi connectivity index (χ1n) is 11.0. The van der Waals surface area contributed by atoms with E-state index in [1.54, 1.807) is 7.11 Å². The number of rotatable bonds is 7. The molecule has 2 aliphatic heterocycles. The van der Waals surface area contributed by atoms with Crippen LogP contribution in [0.5, 0.6) is 17.2 Å². The third-order valence-corrected chi connectivity index (χ3v) is 5.91. The molecule has 0 spiro atoms. The minimum Gasteiger partial charge on any atom is -0.497 e. The number of ether oxygens (including phenoxy) is 3. The van der Waals surface area contributed by atoms with Gasteiger partial charge in [0.25, 0.3) is 5.91 Å². The molecule has 1 amide bonds. The Morgan fingerprint density at radius 1 is 1.19 bits per heavy atom. The first-order valence-corrected chi connectivity index (χ1v) is 11.0. The minimum absolute atomic E-state index is 0.00423. The maximum Gasteiger partial charge on any atom is 0.258 e. The summed E-state index contributed by atoms with van der Waals surface area (Å²) >= 11 is 0. The Morgan fingerprint density at radius 3 is 2.74 bits per heavy atom. The van der Waals surface area contributed by atoms with Crippen molar-refractivity contribution in [1.29, 1.82) is 0 Å². The van der Waals surface area contributed by atoms with Crippen molar-refractivity contribution < 1.29 is 19.0 Å². The number of methoxy groups -OCH3 is 1. The van der Waals surface area contributed by atoms with Crippen LogP contribution in [0, 0.1) is 0 Å². The van der Waals surface area contributed by atoms with E-state index >= 15 is 0 Å². The van der Waals surface area contributed by atoms with E-state index in [1.807, 2.05) is 24.3 Å². The average Bonchev–Trinajstić information content (AvgIpc) is 3.08. The lowest BCUT2D eigenvalue weighted by Crippen LogP contribution is -2.45. The van der Waals surface area contributed by atoms with Crippen molar-refractivity contribution in [1.82, 2.24) is 10.2 Å². The lowest BCUT2D eigenvalue weighted by atomic mass is 10.0. The summed E-state index contributed by atoms with van der Waals surface area (Å²) in [4.78, 5) is 14.9. The lowest BCUT2D eigenvalue weighted by molar-refractivity contribution is -0.124. The smallest absolute Gasteiger partial charge is 0.258 e. The summed E-state index contributed by atoms with van der Waals surface area (Å²) in [6.07, 6.45) is 2.72. The molecular weight excluding hydrogens is 392 g/mol. The highest BCUT2D eigenvalue weighted by Gasteiger charge is 2.32. The number of hydrogen-bond acceptors (Lipinski definition) is 5. The molecular formula is C25H32N2O4. The van der Waals surface area contributed by atoms with Crippen LogP contribution in [-0.4, -0.2) is 49.3 Å². The highest BCUT2D eigenvalue weighted by atomic mass is 16.5. The van der Waals surface area contributed by atoms with E-state index in [-0.39, 0.29) is 24.2 Å². The lowest BCUT2D eigenvalue weighted by Gasteiger charge is -2.32. The van der Waals surface area contributed by atoms with Gasteiger partial charge >= 0.3 is 0 Å². The van der Waals surface area contributed by atoms with Gasteiger partial charge in [-0.05, 0) is 50.5 Å². The molecule has 31 heavy (non-hydrogen) atoms. The molecule has 2 aliphatic rings. The van der Waals surface area contributed by atoms with Crippen LogP contribution in [0.15, 0.2) is 42.5 Å². The van der Waals surface area contributed by atoms with Crippen LogP contribution >= 0.6 is 0 Å². The Balaban J connectivity index is 1.22. The van der Waals surface area contributed by atoms with Crippen LogP contribution in [0.25, 0.3) is 0 Å². The van der Waals surface area contributed by atoms with Crippen LogP contribution in [-0.2, 0) is 17.8 Å². The first kappa shape index (κ1) is 21.5. The molecule has 0 saturated carbocycles. The summed E-state index contributed by atoms with van der Waals surface area (Å²) in [5.41, 5.74) is 2.14. The fourth-order valence-corrected chi connectivity index (χ4v) is 4.38. The van der Waals surface area contributed by atoms with E-state index in [4.69, 9.17) is 14.2 Å². The predicted molar refractivity (Wildman–Crippen MR) is 120 cm³/mol. The number of nitrogens with zero attached hydrogens (tertiary/aromatic N) is 1. The van der Waals surface area contributed by atoms with Crippen molar-refractivity contribution in [2.45, 2.75) is 51.3 Å². The monoisotopic (exact) mass is 424 g/mol. The molecule has 2 heterocycles. The van der Waals surface area contributed by atoms with Gasteiger partial charge in [-0.25, -0.2) is 0 Å². The number of piperidine rings is 1. The van der Waals surface area contributed by atoms with Gasteiger partial charge < -0.3 is 19.5 Å². The fourth-order valence-electron chi connectivity index (χ4n) is 4.38. The number of para-hydroxylation sites is 1. The fraction of sp³-hybridized carbons (Fsp3) is 0.480. The maximum absolute atomic E-state index is 12.5. The molecule has 0 unspecified atom stereocenters. The standard InChI is InChI=1S/C25H32N2O4/c1-25(2)15-19-7-5-9-22(24(19)31-25)30-17-23(28)26-20-10-12-27(13-11-20)16-18-6-4-8-21(14-18)29-3/h4-9,14,20H,10-13,15-17H2,1-3H3,(H,26,28). The van der Waals surface area contributed by atoms with Gasteiger partial charge in [0.05, 0.1) is 7.11 Å². The second-order valence-corrected chi connectivity index (χ2v) is 9.04. The Kier molecular flexibility index (Phi) is 6.37. The largest absolute Gasteiger partial charge is 0.497 e. The molecule has 0 radical (unpaired) electrons. The summed E-state index contributed by atoms with van der Waals surface area (Å²) in [7, 11) is 1.69. The maximum atomic E-state index is 12.5. The van der Waals surface area contributed by atoms with Crippen molar-refractivity contribution in [3.05, 3.63) is 53.6 Å². The third kappa shape index (κ3) is 5.50. The number of fused-ring (bicyclic) bond motifs is 1. The number of carbonyl (C=O) groups excluding carboxylic acids is 1. The van der Waals surface area contributed by atoms with Crippen molar-refractivity contribution >= 4 is 5.91 Å². The van der Waals surface area contributed by atoms with E-state index in [1.165, 1.54) is 5.56 Å². The zero-order valence-corrected chi connectivity index (χ0v) is 18.6. The van der Waals surface area contributed by atoms with E-state index in [2.05, 4.69) is 42.3 Å². The van der Waals surface area contributed by atoms with Crippen LogP contribution in [0.4, 0.5) is 0 Å². The van der Waals surface area contributed by atoms with Crippen LogP contribution in [0.2, 0.25) is 0 Å². The number of carbonyl (C=O) groups is 1. The summed E-state index contributed by atoms with van der Waals surface area (Å²) < 4.78 is 17.1. The Labute approximate surface area is 184 Å². The van der Waals surface area contributed by atoms with E-state index in [0.717, 1.165) is 56.0 Å². The number of nitrogens with one attached hydrogen (secondary N) is 1. The first-order chi connectivity index (χ1) is 14.9. The van der Waals surface area contributed by atoms with Gasteiger partial charge in [-0.15, -0.1) is 0 Å². The number of hydrogen-bond donors (Lipinski definition) is 1. The van der Waals surface area contributed by atoms with Crippen LogP contribution in [0.1, 0.15) is 37.8 Å². The van der Waals surface area contributed by atoms with Crippen molar-refractivity contribution in [2.24, 2.45) is 0 Å². The van der Waals surface area contributed by atoms with E-state index in [0.29, 0.717) is 5.75 Å². The van der Waals surface area contributed by atoms with Crippen molar-refractivity contribution in [2.75, 3.05) is 26.8 Å². The SMILES string of the molecule is COc1cccc(CN2CCC(NC(=O)COc3cccc4c3OC(C)(C)C4)CC2)c1. The van der Waals surface area contributed by atoms with Crippen molar-refractivity contribution in [3.8, 4) is 17.2 Å². The van der Waals surface area contributed by atoms with Gasteiger partial charge in [0, 0.05) is 37.7 Å². The molecule has 1 saturated heterocycles. The molecule has 2 aromatic carbocycles. The van der Waals surface area contributed by atoms with Gasteiger partial charge in [-0.2, -0.15) is 0 Å². The minimum atomic E-state index is -0.233. The number of likely N-dealkylation sites (tertiary alicyclic amines) is 1. The summed E-state index contributed by atoms with van der Waals surface area (Å²) in [6, 6.07) is 14.2. The second-order valence-electron chi connectivity index (χ2n) is 9.04. The quantitative estimate of drug-likeness (QED) is 0.736. The van der Waals surface area contributed by atoms with Gasteiger partial charge in [0.15, 0.2) is 18.1 Å². The molecule has 2 aromatic rings. The number of benzene rings is 2. The Hall–Kier alpha value is -2.73. The van der Waals surface area contributed by atoms with Crippen LogP contribution in [0.3, 0.4) is 0 Å². The molecule has 0 aliphatic carbocycles. The Morgan fingerprint density at radius 2 is 1.97 bits per heavy atom. The summed E-state index contributed by atoms with van der Waals surface area (Å²) in [5.74, 6) is 2.22. The molecule has 0 aromatic heterocycles. The van der Waals surface area contributed by atoms with E-state index in [9.17, 15) is 4.79 Å². The van der Waals surface area contributed by atoms with Crippen LogP contribution < -0.4 is 19.5 Å². The predicted octanol–water partition coefficient (Wildman–Crippen LogP) is 3.57. The average molecular weight is 425 g/mol. The molecule has 1 N–H and O–H groups in total. The van der Waals surface area contributed by atoms with E-state index < -0.39 is 0 Å². The van der Waals surface area contributed by atoms with Gasteiger partial charge in [0.1, 0.15) is 11.4 Å². The molecule has 0 bridgehead atoms. The normalized spacial score (nSPS) is 18.2. The highest BCUT2D eigenvalue weighted by molar-refractivity contribution is 5.78. The van der Waals surface area contributed by atoms with Crippen molar-refractivity contribution in [3.63, 3.8) is 0 Å². The number of amides is 1. The van der Waals surface area contributed by atoms with Gasteiger partial charge in [-0.1, -0.05) is 24.3 Å². The molecule has 0 atom stereocenters. The van der Waals surface area contributed by atoms with Gasteiger partial charge in [0.2, 0.25) is 0 Å². The zero-order chi connectivity index (χ0) is 21.8. The molecule has 166 valence electrons. The molecule has 1 fully saturated rings. The molecule has 6 nitrogen and oxygen atoms in total. The highest BCUT2D eigenvalue weighted by Crippen LogP contribution is 2.41. The second kappa shape index (κ2) is 9.18. The zero-order valence-electron chi connectivity index (χ0n) is 18.6. The summed E-state index contributed by atoms with van der Waals surface area (Å²) in [5, 5.41) is 3.12. The molecule has 6 heteroatoms. The van der Waals surface area contributed by atoms with Gasteiger partial charge in [-0.3, -0.25) is 9.69 Å². The topological polar surface area (TPSA) is 60.0 Å². The molecule has 4 rings (SSSR count). The Bertz CT molecular complexity index is 919. The summed E-state index contributed by atoms with van der Waals surface area (Å²) in [6.45, 7) is 6.94. The third-order valence-electron chi connectivity index (χ3n) is 5.91.